The molecule has 2 amide bonds. The summed E-state index contributed by atoms with van der Waals surface area (Å²) in [5, 5.41) is 7.67. The molecule has 0 bridgehead atoms. The van der Waals surface area contributed by atoms with Gasteiger partial charge in [0.25, 0.3) is 0 Å². The predicted molar refractivity (Wildman–Crippen MR) is 117 cm³/mol. The minimum Gasteiger partial charge on any atom is -0.497 e. The number of carbonyl (C=O) groups is 2. The van der Waals surface area contributed by atoms with Gasteiger partial charge in [0.2, 0.25) is 11.8 Å². The SMILES string of the molecule is COc1ccc(NC(=O)CC2SC(=Nc3cccc4ccccc34)NC2=O)cc1. The van der Waals surface area contributed by atoms with Crippen molar-refractivity contribution in [3.8, 4) is 5.75 Å². The Balaban J connectivity index is 1.43. The van der Waals surface area contributed by atoms with E-state index in [4.69, 9.17) is 4.74 Å². The van der Waals surface area contributed by atoms with Gasteiger partial charge in [0.1, 0.15) is 11.0 Å². The van der Waals surface area contributed by atoms with Crippen LogP contribution in [-0.4, -0.2) is 29.3 Å². The number of carbonyl (C=O) groups excluding carboxylic acids is 2. The van der Waals surface area contributed by atoms with Crippen molar-refractivity contribution in [1.29, 1.82) is 0 Å². The standard InChI is InChI=1S/C22H19N3O3S/c1-28-16-11-9-15(10-12-16)23-20(26)13-19-21(27)25-22(29-19)24-18-8-4-6-14-5-2-3-7-17(14)18/h2-12,19H,13H2,1H3,(H,23,26)(H,24,25,27). The second-order valence-electron chi connectivity index (χ2n) is 6.49. The van der Waals surface area contributed by atoms with Gasteiger partial charge in [-0.2, -0.15) is 0 Å². The van der Waals surface area contributed by atoms with Crippen molar-refractivity contribution >= 4 is 50.9 Å². The molecule has 29 heavy (non-hydrogen) atoms. The molecule has 1 heterocycles. The van der Waals surface area contributed by atoms with E-state index >= 15 is 0 Å². The maximum absolute atomic E-state index is 12.3. The third kappa shape index (κ3) is 4.41. The molecule has 3 aromatic carbocycles. The Morgan fingerprint density at radius 1 is 1.10 bits per heavy atom. The van der Waals surface area contributed by atoms with E-state index in [9.17, 15) is 9.59 Å². The third-order valence-corrected chi connectivity index (χ3v) is 5.59. The van der Waals surface area contributed by atoms with E-state index in [2.05, 4.69) is 15.6 Å². The van der Waals surface area contributed by atoms with Gasteiger partial charge in [0, 0.05) is 17.5 Å². The van der Waals surface area contributed by atoms with Gasteiger partial charge in [-0.3, -0.25) is 9.59 Å². The number of fused-ring (bicyclic) bond motifs is 1. The van der Waals surface area contributed by atoms with Gasteiger partial charge in [-0.05, 0) is 35.7 Å². The average molecular weight is 405 g/mol. The van der Waals surface area contributed by atoms with Gasteiger partial charge in [-0.15, -0.1) is 0 Å². The van der Waals surface area contributed by atoms with E-state index < -0.39 is 5.25 Å². The first-order valence-electron chi connectivity index (χ1n) is 9.10. The Labute approximate surface area is 172 Å². The molecule has 146 valence electrons. The highest BCUT2D eigenvalue weighted by molar-refractivity contribution is 8.15. The molecule has 0 spiro atoms. The lowest BCUT2D eigenvalue weighted by Crippen LogP contribution is -2.28. The van der Waals surface area contributed by atoms with E-state index in [1.54, 1.807) is 31.4 Å². The predicted octanol–water partition coefficient (Wildman–Crippen LogP) is 4.10. The number of ether oxygens (including phenoxy) is 1. The lowest BCUT2D eigenvalue weighted by Gasteiger charge is -2.08. The van der Waals surface area contributed by atoms with Crippen LogP contribution >= 0.6 is 11.8 Å². The highest BCUT2D eigenvalue weighted by Crippen LogP contribution is 2.30. The summed E-state index contributed by atoms with van der Waals surface area (Å²) in [6.45, 7) is 0. The fourth-order valence-electron chi connectivity index (χ4n) is 3.06. The fraction of sp³-hybridized carbons (Fsp3) is 0.136. The van der Waals surface area contributed by atoms with Crippen molar-refractivity contribution in [2.24, 2.45) is 4.99 Å². The Morgan fingerprint density at radius 2 is 1.86 bits per heavy atom. The number of hydrogen-bond acceptors (Lipinski definition) is 5. The molecule has 2 N–H and O–H groups in total. The average Bonchev–Trinajstić information content (AvgIpc) is 3.07. The van der Waals surface area contributed by atoms with Crippen LogP contribution in [0, 0.1) is 0 Å². The summed E-state index contributed by atoms with van der Waals surface area (Å²) in [6, 6.07) is 20.9. The summed E-state index contributed by atoms with van der Waals surface area (Å²) >= 11 is 1.28. The molecule has 0 aromatic heterocycles. The third-order valence-electron chi connectivity index (χ3n) is 4.51. The number of methoxy groups -OCH3 is 1. The topological polar surface area (TPSA) is 79.8 Å². The molecule has 1 atom stereocenters. The number of rotatable bonds is 5. The van der Waals surface area contributed by atoms with Crippen LogP contribution in [0.4, 0.5) is 11.4 Å². The lowest BCUT2D eigenvalue weighted by molar-refractivity contribution is -0.122. The number of amidine groups is 1. The monoisotopic (exact) mass is 405 g/mol. The number of thioether (sulfide) groups is 1. The summed E-state index contributed by atoms with van der Waals surface area (Å²) in [6.07, 6.45) is 0.0666. The van der Waals surface area contributed by atoms with Crippen LogP contribution in [-0.2, 0) is 9.59 Å². The van der Waals surface area contributed by atoms with Crippen LogP contribution in [0.5, 0.6) is 5.75 Å². The van der Waals surface area contributed by atoms with Crippen LogP contribution in [0.25, 0.3) is 10.8 Å². The van der Waals surface area contributed by atoms with Crippen LogP contribution in [0.15, 0.2) is 71.7 Å². The van der Waals surface area contributed by atoms with Gasteiger partial charge in [0.15, 0.2) is 5.17 Å². The van der Waals surface area contributed by atoms with E-state index in [1.807, 2.05) is 42.5 Å². The molecule has 0 radical (unpaired) electrons. The van der Waals surface area contributed by atoms with Crippen molar-refractivity contribution in [2.45, 2.75) is 11.7 Å². The van der Waals surface area contributed by atoms with Crippen LogP contribution in [0.2, 0.25) is 0 Å². The smallest absolute Gasteiger partial charge is 0.240 e. The first kappa shape index (κ1) is 19.0. The zero-order valence-electron chi connectivity index (χ0n) is 15.7. The number of benzene rings is 3. The zero-order chi connectivity index (χ0) is 20.2. The first-order valence-corrected chi connectivity index (χ1v) is 9.98. The molecule has 4 rings (SSSR count). The number of nitrogens with zero attached hydrogens (tertiary/aromatic N) is 1. The van der Waals surface area contributed by atoms with Gasteiger partial charge >= 0.3 is 0 Å². The van der Waals surface area contributed by atoms with E-state index in [1.165, 1.54) is 11.8 Å². The van der Waals surface area contributed by atoms with Crippen molar-refractivity contribution < 1.29 is 14.3 Å². The first-order chi connectivity index (χ1) is 14.1. The lowest BCUT2D eigenvalue weighted by atomic mass is 10.1. The summed E-state index contributed by atoms with van der Waals surface area (Å²) in [4.78, 5) is 29.2. The Bertz CT molecular complexity index is 1090. The minimum atomic E-state index is -0.512. The highest BCUT2D eigenvalue weighted by Gasteiger charge is 2.32. The molecule has 1 aliphatic rings. The Morgan fingerprint density at radius 3 is 2.66 bits per heavy atom. The highest BCUT2D eigenvalue weighted by atomic mass is 32.2. The van der Waals surface area contributed by atoms with E-state index in [0.717, 1.165) is 16.5 Å². The second kappa shape index (κ2) is 8.36. The fourth-order valence-corrected chi connectivity index (χ4v) is 4.04. The second-order valence-corrected chi connectivity index (χ2v) is 7.68. The quantitative estimate of drug-likeness (QED) is 0.670. The van der Waals surface area contributed by atoms with Crippen LogP contribution in [0.3, 0.4) is 0 Å². The number of anilines is 1. The van der Waals surface area contributed by atoms with Gasteiger partial charge in [-0.25, -0.2) is 4.99 Å². The normalized spacial score (nSPS) is 17.3. The number of nitrogens with one attached hydrogen (secondary N) is 2. The summed E-state index contributed by atoms with van der Waals surface area (Å²) in [5.41, 5.74) is 1.44. The maximum atomic E-state index is 12.3. The van der Waals surface area contributed by atoms with Crippen molar-refractivity contribution in [1.82, 2.24) is 5.32 Å². The molecule has 1 fully saturated rings. The van der Waals surface area contributed by atoms with Gasteiger partial charge in [0.05, 0.1) is 12.8 Å². The number of aliphatic imine (C=N–C) groups is 1. The van der Waals surface area contributed by atoms with Crippen LogP contribution in [0.1, 0.15) is 6.42 Å². The van der Waals surface area contributed by atoms with Crippen molar-refractivity contribution in [2.75, 3.05) is 12.4 Å². The van der Waals surface area contributed by atoms with E-state index in [0.29, 0.717) is 16.6 Å². The molecule has 1 unspecified atom stereocenters. The summed E-state index contributed by atoms with van der Waals surface area (Å²) in [7, 11) is 1.58. The minimum absolute atomic E-state index is 0.0666. The maximum Gasteiger partial charge on any atom is 0.240 e. The molecular weight excluding hydrogens is 386 g/mol. The molecule has 0 aliphatic carbocycles. The number of hydrogen-bond donors (Lipinski definition) is 2. The molecule has 3 aromatic rings. The molecule has 0 saturated carbocycles. The summed E-state index contributed by atoms with van der Waals surface area (Å²) in [5.74, 6) is 0.274. The van der Waals surface area contributed by atoms with Gasteiger partial charge < -0.3 is 15.4 Å². The number of amides is 2. The molecule has 1 saturated heterocycles. The van der Waals surface area contributed by atoms with Crippen molar-refractivity contribution in [3.63, 3.8) is 0 Å². The largest absolute Gasteiger partial charge is 0.497 e. The Kier molecular flexibility index (Phi) is 5.48. The van der Waals surface area contributed by atoms with Crippen molar-refractivity contribution in [3.05, 3.63) is 66.7 Å². The molecule has 7 heteroatoms. The molecular formula is C22H19N3O3S. The molecule has 1 aliphatic heterocycles. The van der Waals surface area contributed by atoms with E-state index in [-0.39, 0.29) is 18.2 Å². The molecule has 6 nitrogen and oxygen atoms in total. The van der Waals surface area contributed by atoms with Crippen LogP contribution < -0.4 is 15.4 Å². The zero-order valence-corrected chi connectivity index (χ0v) is 16.5. The van der Waals surface area contributed by atoms with Gasteiger partial charge in [-0.1, -0.05) is 48.2 Å². The summed E-state index contributed by atoms with van der Waals surface area (Å²) < 4.78 is 5.10. The Hall–Kier alpha value is -3.32.